The summed E-state index contributed by atoms with van der Waals surface area (Å²) in [4.78, 5) is 23.6. The minimum Gasteiger partial charge on any atom is -0.373 e. The van der Waals surface area contributed by atoms with Crippen LogP contribution in [0.1, 0.15) is 35.3 Å². The lowest BCUT2D eigenvalue weighted by atomic mass is 10.0. The van der Waals surface area contributed by atoms with Gasteiger partial charge < -0.3 is 15.5 Å². The predicted molar refractivity (Wildman–Crippen MR) is 106 cm³/mol. The van der Waals surface area contributed by atoms with Crippen molar-refractivity contribution in [1.82, 2.24) is 14.9 Å². The fraction of sp³-hybridized carbons (Fsp3) is 0.421. The summed E-state index contributed by atoms with van der Waals surface area (Å²) in [6, 6.07) is 7.20. The molecular formula is C19H24ClN5O. The maximum absolute atomic E-state index is 12.5. The van der Waals surface area contributed by atoms with E-state index in [0.29, 0.717) is 23.0 Å². The molecule has 7 heteroatoms. The van der Waals surface area contributed by atoms with Crippen molar-refractivity contribution in [2.75, 3.05) is 37.3 Å². The van der Waals surface area contributed by atoms with Gasteiger partial charge in [-0.3, -0.25) is 4.79 Å². The molecule has 0 amide bonds. The number of likely N-dealkylation sites (tertiary alicyclic amines) is 1. The Morgan fingerprint density at radius 2 is 2.08 bits per heavy atom. The molecule has 1 aliphatic heterocycles. The fourth-order valence-electron chi connectivity index (χ4n) is 2.90. The first kappa shape index (κ1) is 18.6. The highest BCUT2D eigenvalue weighted by Crippen LogP contribution is 2.24. The van der Waals surface area contributed by atoms with Crippen LogP contribution in [0.15, 0.2) is 24.3 Å². The van der Waals surface area contributed by atoms with Crippen molar-refractivity contribution in [3.8, 4) is 0 Å². The van der Waals surface area contributed by atoms with Crippen molar-refractivity contribution in [3.63, 3.8) is 0 Å². The van der Waals surface area contributed by atoms with E-state index in [1.54, 1.807) is 12.1 Å². The second-order valence-corrected chi connectivity index (χ2v) is 6.92. The van der Waals surface area contributed by atoms with E-state index >= 15 is 0 Å². The molecule has 0 saturated carbocycles. The van der Waals surface area contributed by atoms with Crippen LogP contribution in [-0.2, 0) is 0 Å². The molecule has 1 fully saturated rings. The maximum atomic E-state index is 12.5. The summed E-state index contributed by atoms with van der Waals surface area (Å²) >= 11 is 6.25. The van der Waals surface area contributed by atoms with Crippen LogP contribution < -0.4 is 10.6 Å². The largest absolute Gasteiger partial charge is 0.373 e. The molecule has 2 N–H and O–H groups in total. The molecule has 1 saturated heterocycles. The first-order valence-electron chi connectivity index (χ1n) is 8.91. The minimum atomic E-state index is 0.0697. The zero-order valence-corrected chi connectivity index (χ0v) is 15.9. The van der Waals surface area contributed by atoms with Crippen molar-refractivity contribution in [3.05, 3.63) is 40.5 Å². The Hall–Kier alpha value is -2.18. The van der Waals surface area contributed by atoms with Gasteiger partial charge in [0.05, 0.1) is 5.02 Å². The number of aryl methyl sites for hydroxylation is 1. The molecule has 1 aromatic heterocycles. The smallest absolute Gasteiger partial charge is 0.229 e. The van der Waals surface area contributed by atoms with E-state index in [4.69, 9.17) is 11.6 Å². The van der Waals surface area contributed by atoms with Crippen LogP contribution in [0, 0.1) is 6.92 Å². The molecular weight excluding hydrogens is 350 g/mol. The Kier molecular flexibility index (Phi) is 6.06. The van der Waals surface area contributed by atoms with Crippen LogP contribution in [0.4, 0.5) is 17.5 Å². The summed E-state index contributed by atoms with van der Waals surface area (Å²) in [5.41, 5.74) is 2.14. The second kappa shape index (κ2) is 8.47. The quantitative estimate of drug-likeness (QED) is 0.684. The number of benzene rings is 1. The number of carbonyl (C=O) groups is 1. The molecule has 138 valence electrons. The number of ketones is 1. The van der Waals surface area contributed by atoms with Crippen molar-refractivity contribution in [1.29, 1.82) is 0 Å². The van der Waals surface area contributed by atoms with Crippen molar-refractivity contribution in [2.45, 2.75) is 26.2 Å². The predicted octanol–water partition coefficient (Wildman–Crippen LogP) is 3.89. The highest BCUT2D eigenvalue weighted by atomic mass is 35.5. The number of hydrogen-bond acceptors (Lipinski definition) is 6. The molecule has 2 heterocycles. The lowest BCUT2D eigenvalue weighted by Crippen LogP contribution is -2.37. The third-order valence-corrected chi connectivity index (χ3v) is 4.79. The molecule has 1 aliphatic rings. The van der Waals surface area contributed by atoms with Crippen LogP contribution in [-0.4, -0.2) is 47.3 Å². The van der Waals surface area contributed by atoms with E-state index in [1.807, 2.05) is 26.1 Å². The summed E-state index contributed by atoms with van der Waals surface area (Å²) in [7, 11) is 1.81. The monoisotopic (exact) mass is 373 g/mol. The zero-order chi connectivity index (χ0) is 18.5. The number of carbonyl (C=O) groups excluding carboxylic acids is 1. The van der Waals surface area contributed by atoms with Gasteiger partial charge in [-0.15, -0.1) is 0 Å². The van der Waals surface area contributed by atoms with E-state index < -0.39 is 0 Å². The Bertz CT molecular complexity index is 791. The topological polar surface area (TPSA) is 70.2 Å². The van der Waals surface area contributed by atoms with Gasteiger partial charge >= 0.3 is 0 Å². The molecule has 0 bridgehead atoms. The van der Waals surface area contributed by atoms with E-state index in [-0.39, 0.29) is 5.78 Å². The first-order chi connectivity index (χ1) is 12.5. The van der Waals surface area contributed by atoms with Crippen LogP contribution in [0.5, 0.6) is 0 Å². The lowest BCUT2D eigenvalue weighted by Gasteiger charge is -2.30. The van der Waals surface area contributed by atoms with Gasteiger partial charge in [-0.2, -0.15) is 4.98 Å². The average Bonchev–Trinajstić information content (AvgIpc) is 2.58. The Balaban J connectivity index is 1.68. The maximum Gasteiger partial charge on any atom is 0.229 e. The molecule has 0 radical (unpaired) electrons. The number of Topliss-reactive ketones (excluding diaryl/α,β-unsaturated/α-hetero) is 1. The van der Waals surface area contributed by atoms with E-state index in [0.717, 1.165) is 43.3 Å². The Labute approximate surface area is 159 Å². The van der Waals surface area contributed by atoms with Gasteiger partial charge in [0.25, 0.3) is 0 Å². The Morgan fingerprint density at radius 1 is 1.27 bits per heavy atom. The van der Waals surface area contributed by atoms with E-state index in [9.17, 15) is 4.79 Å². The van der Waals surface area contributed by atoms with Gasteiger partial charge in [-0.05, 0) is 57.6 Å². The lowest BCUT2D eigenvalue weighted by molar-refractivity contribution is 0.0967. The molecule has 3 rings (SSSR count). The molecule has 1 aromatic carbocycles. The second-order valence-electron chi connectivity index (χ2n) is 6.51. The van der Waals surface area contributed by atoms with Crippen molar-refractivity contribution >= 4 is 34.8 Å². The summed E-state index contributed by atoms with van der Waals surface area (Å²) in [5, 5.41) is 6.63. The molecule has 0 unspecified atom stereocenters. The summed E-state index contributed by atoms with van der Waals surface area (Å²) in [6.45, 7) is 5.19. The number of rotatable bonds is 8. The highest BCUT2D eigenvalue weighted by molar-refractivity contribution is 6.34. The highest BCUT2D eigenvalue weighted by Gasteiger charge is 2.16. The van der Waals surface area contributed by atoms with E-state index in [1.165, 1.54) is 6.42 Å². The zero-order valence-electron chi connectivity index (χ0n) is 15.2. The van der Waals surface area contributed by atoms with Gasteiger partial charge in [-0.1, -0.05) is 11.6 Å². The number of anilines is 3. The molecule has 0 atom stereocenters. The molecule has 0 aliphatic carbocycles. The normalized spacial score (nSPS) is 14.0. The van der Waals surface area contributed by atoms with Gasteiger partial charge in [0.1, 0.15) is 5.82 Å². The van der Waals surface area contributed by atoms with Gasteiger partial charge in [0.2, 0.25) is 5.95 Å². The number of nitrogens with zero attached hydrogens (tertiary/aromatic N) is 3. The SMILES string of the molecule is CNc1cc(C)nc(Nc2ccc(Cl)c(C(=O)CCCN3CCC3)c2)n1. The van der Waals surface area contributed by atoms with Crippen LogP contribution in [0.3, 0.4) is 0 Å². The molecule has 2 aromatic rings. The van der Waals surface area contributed by atoms with Crippen molar-refractivity contribution in [2.24, 2.45) is 0 Å². The molecule has 6 nitrogen and oxygen atoms in total. The summed E-state index contributed by atoms with van der Waals surface area (Å²) in [6.07, 6.45) is 2.63. The van der Waals surface area contributed by atoms with Crippen LogP contribution >= 0.6 is 11.6 Å². The van der Waals surface area contributed by atoms with Gasteiger partial charge in [0.15, 0.2) is 5.78 Å². The fourth-order valence-corrected chi connectivity index (χ4v) is 3.12. The van der Waals surface area contributed by atoms with Gasteiger partial charge in [-0.25, -0.2) is 4.98 Å². The van der Waals surface area contributed by atoms with Crippen LogP contribution in [0.2, 0.25) is 5.02 Å². The Morgan fingerprint density at radius 3 is 2.77 bits per heavy atom. The van der Waals surface area contributed by atoms with E-state index in [2.05, 4.69) is 25.5 Å². The first-order valence-corrected chi connectivity index (χ1v) is 9.28. The molecule has 0 spiro atoms. The molecule has 26 heavy (non-hydrogen) atoms. The number of aromatic nitrogens is 2. The average molecular weight is 374 g/mol. The number of hydrogen-bond donors (Lipinski definition) is 2. The third-order valence-electron chi connectivity index (χ3n) is 4.46. The van der Waals surface area contributed by atoms with Gasteiger partial charge in [0, 0.05) is 36.5 Å². The van der Waals surface area contributed by atoms with Crippen molar-refractivity contribution < 1.29 is 4.79 Å². The number of nitrogens with one attached hydrogen (secondary N) is 2. The third kappa shape index (κ3) is 4.71. The minimum absolute atomic E-state index is 0.0697. The number of halogens is 1. The summed E-state index contributed by atoms with van der Waals surface area (Å²) < 4.78 is 0. The van der Waals surface area contributed by atoms with Crippen LogP contribution in [0.25, 0.3) is 0 Å². The summed E-state index contributed by atoms with van der Waals surface area (Å²) in [5.74, 6) is 1.28. The standard InChI is InChI=1S/C19H24ClN5O/c1-13-11-18(21-2)24-19(22-13)23-14-6-7-16(20)15(12-14)17(26)5-3-8-25-9-4-10-25/h6-7,11-12H,3-5,8-10H2,1-2H3,(H2,21,22,23,24).